The van der Waals surface area contributed by atoms with E-state index in [1.165, 1.54) is 0 Å². The van der Waals surface area contributed by atoms with Crippen molar-refractivity contribution in [1.82, 2.24) is 40.1 Å². The molecule has 1 fully saturated rings. The van der Waals surface area contributed by atoms with Crippen molar-refractivity contribution in [2.24, 2.45) is 0 Å². The zero-order valence-electron chi connectivity index (χ0n) is 20.6. The fourth-order valence-electron chi connectivity index (χ4n) is 4.79. The SMILES string of the molecule is CCn1nnc(-c2ccc(Oc3cc4nc(-c5ccccn5)[nH]c4cc3C3CCCN3C(C)=O)cc2)n1. The van der Waals surface area contributed by atoms with Crippen LogP contribution >= 0.6 is 0 Å². The molecule has 1 saturated heterocycles. The Morgan fingerprint density at radius 1 is 1.16 bits per heavy atom. The minimum absolute atomic E-state index is 0.0595. The number of fused-ring (bicyclic) bond motifs is 1. The second-order valence-corrected chi connectivity index (χ2v) is 9.01. The third kappa shape index (κ3) is 4.42. The van der Waals surface area contributed by atoms with Crippen molar-refractivity contribution in [2.45, 2.75) is 39.3 Å². The Labute approximate surface area is 213 Å². The summed E-state index contributed by atoms with van der Waals surface area (Å²) < 4.78 is 6.42. The van der Waals surface area contributed by atoms with E-state index in [0.29, 0.717) is 29.7 Å². The summed E-state index contributed by atoms with van der Waals surface area (Å²) in [4.78, 5) is 28.4. The number of nitrogens with one attached hydrogen (secondary N) is 1. The highest BCUT2D eigenvalue weighted by Crippen LogP contribution is 2.41. The third-order valence-corrected chi connectivity index (χ3v) is 6.61. The van der Waals surface area contributed by atoms with Crippen LogP contribution in [0, 0.1) is 0 Å². The highest BCUT2D eigenvalue weighted by molar-refractivity contribution is 5.82. The molecule has 2 aromatic carbocycles. The number of benzene rings is 2. The van der Waals surface area contributed by atoms with Crippen LogP contribution in [0.2, 0.25) is 0 Å². The number of hydrogen-bond donors (Lipinski definition) is 1. The summed E-state index contributed by atoms with van der Waals surface area (Å²) >= 11 is 0. The molecule has 0 saturated carbocycles. The molecule has 0 spiro atoms. The summed E-state index contributed by atoms with van der Waals surface area (Å²) in [5.74, 6) is 2.65. The Bertz CT molecular complexity index is 1560. The fourth-order valence-corrected chi connectivity index (χ4v) is 4.79. The van der Waals surface area contributed by atoms with Crippen molar-refractivity contribution in [3.8, 4) is 34.4 Å². The molecule has 4 heterocycles. The number of aromatic nitrogens is 7. The van der Waals surface area contributed by atoms with Gasteiger partial charge in [0.2, 0.25) is 11.7 Å². The number of aryl methyl sites for hydroxylation is 1. The summed E-state index contributed by atoms with van der Waals surface area (Å²) in [5.41, 5.74) is 4.21. The van der Waals surface area contributed by atoms with Gasteiger partial charge in [0.1, 0.15) is 17.2 Å². The zero-order valence-corrected chi connectivity index (χ0v) is 20.6. The number of hydrogen-bond acceptors (Lipinski definition) is 7. The number of pyridine rings is 1. The number of carbonyl (C=O) groups is 1. The summed E-state index contributed by atoms with van der Waals surface area (Å²) in [5, 5.41) is 12.5. The molecule has 1 atom stereocenters. The minimum atomic E-state index is -0.0638. The largest absolute Gasteiger partial charge is 0.457 e. The van der Waals surface area contributed by atoms with E-state index in [9.17, 15) is 4.79 Å². The van der Waals surface area contributed by atoms with Crippen LogP contribution in [0.1, 0.15) is 38.3 Å². The maximum Gasteiger partial charge on any atom is 0.219 e. The standard InChI is InChI=1S/C27H26N8O2/c1-3-35-32-26(31-33-35)18-9-11-19(12-10-18)37-25-16-23-22(29-27(30-23)21-7-4-5-13-28-21)15-20(25)24-8-6-14-34(24)17(2)36/h4-5,7,9-13,15-16,24H,3,6,8,14H2,1-2H3,(H,29,30). The zero-order chi connectivity index (χ0) is 25.4. The maximum atomic E-state index is 12.4. The summed E-state index contributed by atoms with van der Waals surface area (Å²) in [6.07, 6.45) is 3.57. The first-order valence-electron chi connectivity index (χ1n) is 12.4. The van der Waals surface area contributed by atoms with Crippen LogP contribution in [0.4, 0.5) is 0 Å². The first-order valence-corrected chi connectivity index (χ1v) is 12.4. The lowest BCUT2D eigenvalue weighted by atomic mass is 10.0. The first kappa shape index (κ1) is 22.8. The fraction of sp³-hybridized carbons (Fsp3) is 0.259. The van der Waals surface area contributed by atoms with E-state index < -0.39 is 0 Å². The summed E-state index contributed by atoms with van der Waals surface area (Å²) in [6, 6.07) is 17.2. The lowest BCUT2D eigenvalue weighted by Crippen LogP contribution is -2.28. The number of rotatable bonds is 6. The van der Waals surface area contributed by atoms with Gasteiger partial charge in [0.15, 0.2) is 5.82 Å². The Morgan fingerprint density at radius 2 is 2.03 bits per heavy atom. The highest BCUT2D eigenvalue weighted by Gasteiger charge is 2.31. The molecule has 1 aliphatic heterocycles. The number of aromatic amines is 1. The van der Waals surface area contributed by atoms with E-state index in [1.807, 2.05) is 60.4 Å². The molecule has 0 bridgehead atoms. The minimum Gasteiger partial charge on any atom is -0.457 e. The van der Waals surface area contributed by atoms with Crippen molar-refractivity contribution < 1.29 is 9.53 Å². The number of amides is 1. The molecule has 0 radical (unpaired) electrons. The number of likely N-dealkylation sites (tertiary alicyclic amines) is 1. The number of carbonyl (C=O) groups excluding carboxylic acids is 1. The van der Waals surface area contributed by atoms with Gasteiger partial charge in [0.25, 0.3) is 0 Å². The van der Waals surface area contributed by atoms with Crippen LogP contribution in [0.3, 0.4) is 0 Å². The van der Waals surface area contributed by atoms with Crippen molar-refractivity contribution in [2.75, 3.05) is 6.54 Å². The van der Waals surface area contributed by atoms with Gasteiger partial charge in [-0.05, 0) is 67.4 Å². The average molecular weight is 495 g/mol. The molecule has 1 unspecified atom stereocenters. The maximum absolute atomic E-state index is 12.4. The highest BCUT2D eigenvalue weighted by atomic mass is 16.5. The van der Waals surface area contributed by atoms with Crippen LogP contribution in [-0.4, -0.2) is 52.5 Å². The first-order chi connectivity index (χ1) is 18.1. The van der Waals surface area contributed by atoms with Gasteiger partial charge in [-0.15, -0.1) is 10.2 Å². The lowest BCUT2D eigenvalue weighted by Gasteiger charge is -2.25. The van der Waals surface area contributed by atoms with Crippen LogP contribution < -0.4 is 4.74 Å². The van der Waals surface area contributed by atoms with E-state index >= 15 is 0 Å². The van der Waals surface area contributed by atoms with E-state index in [2.05, 4.69) is 31.4 Å². The quantitative estimate of drug-likeness (QED) is 0.361. The molecular formula is C27H26N8O2. The molecule has 6 rings (SSSR count). The van der Waals surface area contributed by atoms with E-state index in [0.717, 1.165) is 47.2 Å². The van der Waals surface area contributed by atoms with Gasteiger partial charge in [-0.2, -0.15) is 4.80 Å². The number of ether oxygens (including phenoxy) is 1. The van der Waals surface area contributed by atoms with Gasteiger partial charge in [-0.3, -0.25) is 9.78 Å². The second kappa shape index (κ2) is 9.45. The van der Waals surface area contributed by atoms with Crippen LogP contribution in [-0.2, 0) is 11.3 Å². The van der Waals surface area contributed by atoms with Gasteiger partial charge in [-0.1, -0.05) is 6.07 Å². The van der Waals surface area contributed by atoms with Crippen molar-refractivity contribution in [3.63, 3.8) is 0 Å². The lowest BCUT2D eigenvalue weighted by molar-refractivity contribution is -0.129. The van der Waals surface area contributed by atoms with Crippen LogP contribution in [0.5, 0.6) is 11.5 Å². The van der Waals surface area contributed by atoms with Gasteiger partial charge < -0.3 is 14.6 Å². The Hall–Kier alpha value is -4.60. The van der Waals surface area contributed by atoms with Gasteiger partial charge in [0.05, 0.1) is 23.6 Å². The molecule has 10 heteroatoms. The van der Waals surface area contributed by atoms with E-state index in [4.69, 9.17) is 9.72 Å². The normalized spacial score (nSPS) is 15.4. The predicted molar refractivity (Wildman–Crippen MR) is 138 cm³/mol. The van der Waals surface area contributed by atoms with Gasteiger partial charge >= 0.3 is 0 Å². The number of tetrazole rings is 1. The number of imidazole rings is 1. The Morgan fingerprint density at radius 3 is 2.76 bits per heavy atom. The molecule has 1 amide bonds. The third-order valence-electron chi connectivity index (χ3n) is 6.61. The number of nitrogens with zero attached hydrogens (tertiary/aromatic N) is 7. The Balaban J connectivity index is 1.38. The Kier molecular flexibility index (Phi) is 5.84. The monoisotopic (exact) mass is 494 g/mol. The molecule has 0 aliphatic carbocycles. The van der Waals surface area contributed by atoms with Crippen molar-refractivity contribution in [3.05, 3.63) is 66.4 Å². The predicted octanol–water partition coefficient (Wildman–Crippen LogP) is 4.77. The molecule has 1 N–H and O–H groups in total. The molecule has 3 aromatic heterocycles. The smallest absolute Gasteiger partial charge is 0.219 e. The molecule has 37 heavy (non-hydrogen) atoms. The topological polar surface area (TPSA) is 115 Å². The number of H-pyrrole nitrogens is 1. The molecule has 1 aliphatic rings. The summed E-state index contributed by atoms with van der Waals surface area (Å²) in [6.45, 7) is 4.98. The average Bonchev–Trinajstić information content (AvgIpc) is 3.68. The van der Waals surface area contributed by atoms with Gasteiger partial charge in [0, 0.05) is 36.9 Å². The van der Waals surface area contributed by atoms with Crippen LogP contribution in [0.25, 0.3) is 33.9 Å². The second-order valence-electron chi connectivity index (χ2n) is 9.01. The molecular weight excluding hydrogens is 468 g/mol. The van der Waals surface area contributed by atoms with E-state index in [1.54, 1.807) is 17.9 Å². The van der Waals surface area contributed by atoms with Crippen LogP contribution in [0.15, 0.2) is 60.8 Å². The molecule has 10 nitrogen and oxygen atoms in total. The molecule has 5 aromatic rings. The van der Waals surface area contributed by atoms with Gasteiger partial charge in [-0.25, -0.2) is 4.98 Å². The van der Waals surface area contributed by atoms with Crippen molar-refractivity contribution in [1.29, 1.82) is 0 Å². The van der Waals surface area contributed by atoms with E-state index in [-0.39, 0.29) is 11.9 Å². The molecule has 186 valence electrons. The summed E-state index contributed by atoms with van der Waals surface area (Å²) in [7, 11) is 0. The van der Waals surface area contributed by atoms with Crippen molar-refractivity contribution >= 4 is 16.9 Å².